The lowest BCUT2D eigenvalue weighted by atomic mass is 10.1. The van der Waals surface area contributed by atoms with Crippen LogP contribution in [-0.2, 0) is 21.2 Å². The molecule has 0 aliphatic rings. The summed E-state index contributed by atoms with van der Waals surface area (Å²) in [6.07, 6.45) is -0.467. The minimum absolute atomic E-state index is 0.177. The molecule has 6 heteroatoms. The Bertz CT molecular complexity index is 485. The molecule has 0 saturated carbocycles. The molecule has 0 amide bonds. The molecule has 0 bridgehead atoms. The van der Waals surface area contributed by atoms with Gasteiger partial charge in [-0.3, -0.25) is 0 Å². The van der Waals surface area contributed by atoms with Gasteiger partial charge in [0.15, 0.2) is 0 Å². The van der Waals surface area contributed by atoms with Gasteiger partial charge in [-0.25, -0.2) is 12.7 Å². The van der Waals surface area contributed by atoms with Gasteiger partial charge in [-0.05, 0) is 11.6 Å². The standard InChI is InChI=1S/C12H19NO4S/c1-13(2)18(15,16)12-7-5-4-6-10(12)8-11(14)9-17-3/h4-7,11,14H,8-9H2,1-3H3. The van der Waals surface area contributed by atoms with Crippen molar-refractivity contribution in [2.75, 3.05) is 27.8 Å². The second-order valence-electron chi connectivity index (χ2n) is 4.21. The Morgan fingerprint density at radius 2 is 1.94 bits per heavy atom. The highest BCUT2D eigenvalue weighted by atomic mass is 32.2. The molecule has 0 radical (unpaired) electrons. The molecule has 0 spiro atoms. The molecular formula is C12H19NO4S. The molecular weight excluding hydrogens is 254 g/mol. The molecule has 0 heterocycles. The first-order valence-corrected chi connectivity index (χ1v) is 7.01. The lowest BCUT2D eigenvalue weighted by Gasteiger charge is -2.16. The van der Waals surface area contributed by atoms with Crippen LogP contribution in [0.5, 0.6) is 0 Å². The quantitative estimate of drug-likeness (QED) is 0.819. The van der Waals surface area contributed by atoms with E-state index in [0.717, 1.165) is 4.31 Å². The molecule has 18 heavy (non-hydrogen) atoms. The third kappa shape index (κ3) is 3.52. The fourth-order valence-corrected chi connectivity index (χ4v) is 2.75. The third-order valence-corrected chi connectivity index (χ3v) is 4.46. The summed E-state index contributed by atoms with van der Waals surface area (Å²) in [7, 11) is 0.973. The molecule has 0 saturated heterocycles. The average molecular weight is 273 g/mol. The Morgan fingerprint density at radius 1 is 1.33 bits per heavy atom. The summed E-state index contributed by atoms with van der Waals surface area (Å²) in [6.45, 7) is 0.177. The van der Waals surface area contributed by atoms with Crippen molar-refractivity contribution in [2.45, 2.75) is 17.4 Å². The van der Waals surface area contributed by atoms with Crippen molar-refractivity contribution in [3.8, 4) is 0 Å². The predicted octanol–water partition coefficient (Wildman–Crippen LogP) is 0.487. The van der Waals surface area contributed by atoms with Crippen LogP contribution in [0, 0.1) is 0 Å². The second-order valence-corrected chi connectivity index (χ2v) is 6.33. The Kier molecular flexibility index (Phi) is 5.28. The lowest BCUT2D eigenvalue weighted by Crippen LogP contribution is -2.25. The van der Waals surface area contributed by atoms with E-state index in [1.54, 1.807) is 24.3 Å². The van der Waals surface area contributed by atoms with Crippen molar-refractivity contribution < 1.29 is 18.3 Å². The number of methoxy groups -OCH3 is 1. The van der Waals surface area contributed by atoms with E-state index in [1.807, 2.05) is 0 Å². The van der Waals surface area contributed by atoms with Gasteiger partial charge in [-0.2, -0.15) is 0 Å². The number of benzene rings is 1. The van der Waals surface area contributed by atoms with Crippen molar-refractivity contribution in [1.29, 1.82) is 0 Å². The molecule has 0 aliphatic carbocycles. The number of hydrogen-bond donors (Lipinski definition) is 1. The maximum absolute atomic E-state index is 12.1. The zero-order chi connectivity index (χ0) is 13.8. The van der Waals surface area contributed by atoms with Gasteiger partial charge < -0.3 is 9.84 Å². The van der Waals surface area contributed by atoms with Crippen molar-refractivity contribution >= 4 is 10.0 Å². The minimum atomic E-state index is -3.49. The normalized spacial score (nSPS) is 13.8. The molecule has 1 aromatic carbocycles. The van der Waals surface area contributed by atoms with Crippen molar-refractivity contribution in [1.82, 2.24) is 4.31 Å². The van der Waals surface area contributed by atoms with E-state index < -0.39 is 16.1 Å². The smallest absolute Gasteiger partial charge is 0.242 e. The van der Waals surface area contributed by atoms with Crippen molar-refractivity contribution in [2.24, 2.45) is 0 Å². The van der Waals surface area contributed by atoms with Crippen molar-refractivity contribution in [3.05, 3.63) is 29.8 Å². The molecule has 1 aromatic rings. The molecule has 0 aliphatic heterocycles. The predicted molar refractivity (Wildman–Crippen MR) is 68.9 cm³/mol. The van der Waals surface area contributed by atoms with Gasteiger partial charge in [0.25, 0.3) is 0 Å². The van der Waals surface area contributed by atoms with Crippen LogP contribution in [0.1, 0.15) is 5.56 Å². The van der Waals surface area contributed by atoms with E-state index in [0.29, 0.717) is 5.56 Å². The molecule has 0 aromatic heterocycles. The topological polar surface area (TPSA) is 66.8 Å². The first-order valence-electron chi connectivity index (χ1n) is 5.57. The monoisotopic (exact) mass is 273 g/mol. The Balaban J connectivity index is 3.08. The Hall–Kier alpha value is -0.950. The average Bonchev–Trinajstić information content (AvgIpc) is 2.29. The number of ether oxygens (including phenoxy) is 1. The Morgan fingerprint density at radius 3 is 2.50 bits per heavy atom. The van der Waals surface area contributed by atoms with Crippen LogP contribution < -0.4 is 0 Å². The van der Waals surface area contributed by atoms with Crippen LogP contribution in [0.15, 0.2) is 29.2 Å². The lowest BCUT2D eigenvalue weighted by molar-refractivity contribution is 0.0646. The van der Waals surface area contributed by atoms with Gasteiger partial charge in [-0.1, -0.05) is 18.2 Å². The summed E-state index contributed by atoms with van der Waals surface area (Å²) in [5.74, 6) is 0. The summed E-state index contributed by atoms with van der Waals surface area (Å²) in [4.78, 5) is 0.227. The van der Waals surface area contributed by atoms with Gasteiger partial charge in [0, 0.05) is 27.6 Å². The number of nitrogens with zero attached hydrogens (tertiary/aromatic N) is 1. The van der Waals surface area contributed by atoms with E-state index in [4.69, 9.17) is 4.74 Å². The van der Waals surface area contributed by atoms with Crippen LogP contribution in [0.4, 0.5) is 0 Å². The van der Waals surface area contributed by atoms with Gasteiger partial charge in [0.2, 0.25) is 10.0 Å². The summed E-state index contributed by atoms with van der Waals surface area (Å²) in [5, 5.41) is 9.70. The number of hydrogen-bond acceptors (Lipinski definition) is 4. The van der Waals surface area contributed by atoms with E-state index in [1.165, 1.54) is 21.2 Å². The van der Waals surface area contributed by atoms with Crippen LogP contribution in [-0.4, -0.2) is 51.7 Å². The van der Waals surface area contributed by atoms with E-state index in [-0.39, 0.29) is 17.9 Å². The van der Waals surface area contributed by atoms with Crippen LogP contribution in [0.25, 0.3) is 0 Å². The summed E-state index contributed by atoms with van der Waals surface area (Å²) >= 11 is 0. The highest BCUT2D eigenvalue weighted by Crippen LogP contribution is 2.19. The fraction of sp³-hybridized carbons (Fsp3) is 0.500. The summed E-state index contributed by atoms with van der Waals surface area (Å²) < 4.78 is 30.2. The van der Waals surface area contributed by atoms with Gasteiger partial charge >= 0.3 is 0 Å². The maximum atomic E-state index is 12.1. The molecule has 0 fully saturated rings. The van der Waals surface area contributed by atoms with E-state index in [2.05, 4.69) is 0 Å². The second kappa shape index (κ2) is 6.29. The molecule has 102 valence electrons. The van der Waals surface area contributed by atoms with Crippen LogP contribution >= 0.6 is 0 Å². The Labute approximate surface area is 108 Å². The number of rotatable bonds is 6. The number of aliphatic hydroxyl groups is 1. The first kappa shape index (κ1) is 15.1. The van der Waals surface area contributed by atoms with E-state index in [9.17, 15) is 13.5 Å². The highest BCUT2D eigenvalue weighted by Gasteiger charge is 2.21. The molecule has 1 atom stereocenters. The zero-order valence-electron chi connectivity index (χ0n) is 10.8. The van der Waals surface area contributed by atoms with Gasteiger partial charge in [-0.15, -0.1) is 0 Å². The van der Waals surface area contributed by atoms with Crippen LogP contribution in [0.2, 0.25) is 0 Å². The number of sulfonamides is 1. The maximum Gasteiger partial charge on any atom is 0.242 e. The van der Waals surface area contributed by atoms with Crippen LogP contribution in [0.3, 0.4) is 0 Å². The number of aliphatic hydroxyl groups excluding tert-OH is 1. The first-order chi connectivity index (χ1) is 8.39. The summed E-state index contributed by atoms with van der Waals surface area (Å²) in [5.41, 5.74) is 0.593. The molecule has 1 rings (SSSR count). The zero-order valence-corrected chi connectivity index (χ0v) is 11.6. The fourth-order valence-electron chi connectivity index (χ4n) is 1.63. The van der Waals surface area contributed by atoms with Crippen molar-refractivity contribution in [3.63, 3.8) is 0 Å². The van der Waals surface area contributed by atoms with E-state index >= 15 is 0 Å². The highest BCUT2D eigenvalue weighted by molar-refractivity contribution is 7.89. The molecule has 5 nitrogen and oxygen atoms in total. The third-order valence-electron chi connectivity index (χ3n) is 2.55. The minimum Gasteiger partial charge on any atom is -0.390 e. The van der Waals surface area contributed by atoms with Gasteiger partial charge in [0.1, 0.15) is 0 Å². The largest absolute Gasteiger partial charge is 0.390 e. The van der Waals surface area contributed by atoms with Gasteiger partial charge in [0.05, 0.1) is 17.6 Å². The molecule has 1 unspecified atom stereocenters. The summed E-state index contributed by atoms with van der Waals surface area (Å²) in [6, 6.07) is 6.67. The molecule has 1 N–H and O–H groups in total. The SMILES string of the molecule is COCC(O)Cc1ccccc1S(=O)(=O)N(C)C.